The smallest absolute Gasteiger partial charge is 0.227 e. The fourth-order valence-electron chi connectivity index (χ4n) is 4.03. The van der Waals surface area contributed by atoms with Gasteiger partial charge >= 0.3 is 0 Å². The summed E-state index contributed by atoms with van der Waals surface area (Å²) in [7, 11) is 1.74. The van der Waals surface area contributed by atoms with Crippen LogP contribution in [0.2, 0.25) is 0 Å². The second kappa shape index (κ2) is 10.6. The zero-order valence-electron chi connectivity index (χ0n) is 17.6. The van der Waals surface area contributed by atoms with Gasteiger partial charge in [-0.3, -0.25) is 14.6 Å². The average molecular weight is 533 g/mol. The maximum Gasteiger partial charge on any atom is 0.227 e. The van der Waals surface area contributed by atoms with Crippen LogP contribution < -0.4 is 20.9 Å². The third-order valence-electron chi connectivity index (χ3n) is 5.63. The number of carbonyl (C=O) groups excluding carboxylic acids is 2. The van der Waals surface area contributed by atoms with Gasteiger partial charge in [-0.1, -0.05) is 30.3 Å². The Morgan fingerprint density at radius 2 is 1.90 bits per heavy atom. The Labute approximate surface area is 199 Å². The molecule has 2 aromatic rings. The lowest BCUT2D eigenvalue weighted by Crippen LogP contribution is -2.40. The number of rotatable bonds is 5. The van der Waals surface area contributed by atoms with E-state index in [0.717, 1.165) is 35.5 Å². The maximum atomic E-state index is 12.0. The zero-order valence-corrected chi connectivity index (χ0v) is 19.9. The van der Waals surface area contributed by atoms with Gasteiger partial charge in [0.05, 0.1) is 0 Å². The predicted octanol–water partition coefficient (Wildman–Crippen LogP) is 3.22. The van der Waals surface area contributed by atoms with Crippen LogP contribution >= 0.6 is 24.0 Å². The van der Waals surface area contributed by atoms with Gasteiger partial charge in [0, 0.05) is 56.8 Å². The number of guanidine groups is 1. The lowest BCUT2D eigenvalue weighted by Gasteiger charge is -2.26. The van der Waals surface area contributed by atoms with Crippen LogP contribution in [0.4, 0.5) is 11.4 Å². The minimum absolute atomic E-state index is 0. The molecule has 1 atom stereocenters. The molecule has 0 radical (unpaired) electrons. The lowest BCUT2D eigenvalue weighted by molar-refractivity contribution is -0.117. The number of anilines is 2. The molecule has 0 saturated carbocycles. The molecule has 2 aliphatic heterocycles. The summed E-state index contributed by atoms with van der Waals surface area (Å²) in [6, 6.07) is 16.0. The van der Waals surface area contributed by atoms with E-state index in [1.807, 2.05) is 47.4 Å². The van der Waals surface area contributed by atoms with Gasteiger partial charge in [-0.2, -0.15) is 0 Å². The van der Waals surface area contributed by atoms with Crippen molar-refractivity contribution in [2.24, 2.45) is 4.99 Å². The summed E-state index contributed by atoms with van der Waals surface area (Å²) in [5.74, 6) is 1.03. The number of aliphatic imine (C=N–C) groups is 1. The van der Waals surface area contributed by atoms with Crippen molar-refractivity contribution in [2.75, 3.05) is 30.4 Å². The largest absolute Gasteiger partial charge is 0.356 e. The minimum atomic E-state index is 0. The number of nitrogens with one attached hydrogen (secondary N) is 3. The highest BCUT2D eigenvalue weighted by Crippen LogP contribution is 2.31. The molecule has 1 unspecified atom stereocenters. The lowest BCUT2D eigenvalue weighted by atomic mass is 9.90. The summed E-state index contributed by atoms with van der Waals surface area (Å²) >= 11 is 0. The second-order valence-electron chi connectivity index (χ2n) is 7.66. The van der Waals surface area contributed by atoms with Crippen molar-refractivity contribution < 1.29 is 9.59 Å². The molecule has 7 nitrogen and oxygen atoms in total. The third-order valence-corrected chi connectivity index (χ3v) is 5.63. The third kappa shape index (κ3) is 5.55. The first-order chi connectivity index (χ1) is 14.6. The SMILES string of the molecule is CN=C(NCc1ccc(N2CCCC2=O)cc1)NCC1CC(=O)Nc2ccccc21.I. The number of hydrogen-bond donors (Lipinski definition) is 3. The van der Waals surface area contributed by atoms with Crippen LogP contribution in [0.3, 0.4) is 0 Å². The Morgan fingerprint density at radius 3 is 2.61 bits per heavy atom. The molecule has 1 fully saturated rings. The van der Waals surface area contributed by atoms with Crippen molar-refractivity contribution >= 4 is 53.1 Å². The summed E-state index contributed by atoms with van der Waals surface area (Å²) in [5, 5.41) is 9.58. The van der Waals surface area contributed by atoms with E-state index in [9.17, 15) is 9.59 Å². The van der Waals surface area contributed by atoms with Crippen molar-refractivity contribution in [2.45, 2.75) is 31.7 Å². The molecule has 2 aromatic carbocycles. The molecule has 0 spiro atoms. The summed E-state index contributed by atoms with van der Waals surface area (Å²) in [5.41, 5.74) is 4.10. The summed E-state index contributed by atoms with van der Waals surface area (Å²) in [6.07, 6.45) is 2.02. The summed E-state index contributed by atoms with van der Waals surface area (Å²) < 4.78 is 0. The van der Waals surface area contributed by atoms with Crippen LogP contribution in [-0.2, 0) is 16.1 Å². The predicted molar refractivity (Wildman–Crippen MR) is 134 cm³/mol. The van der Waals surface area contributed by atoms with Crippen molar-refractivity contribution in [1.29, 1.82) is 0 Å². The summed E-state index contributed by atoms with van der Waals surface area (Å²) in [6.45, 7) is 2.05. The van der Waals surface area contributed by atoms with Gasteiger partial charge in [0.2, 0.25) is 11.8 Å². The Morgan fingerprint density at radius 1 is 1.13 bits per heavy atom. The number of fused-ring (bicyclic) bond motifs is 1. The van der Waals surface area contributed by atoms with Crippen molar-refractivity contribution in [3.63, 3.8) is 0 Å². The van der Waals surface area contributed by atoms with Gasteiger partial charge in [-0.05, 0) is 35.7 Å². The van der Waals surface area contributed by atoms with Gasteiger partial charge < -0.3 is 20.9 Å². The normalized spacial score (nSPS) is 18.2. The minimum Gasteiger partial charge on any atom is -0.356 e. The first-order valence-electron chi connectivity index (χ1n) is 10.4. The number of halogens is 1. The van der Waals surface area contributed by atoms with Gasteiger partial charge in [-0.25, -0.2) is 0 Å². The van der Waals surface area contributed by atoms with Gasteiger partial charge in [0.25, 0.3) is 0 Å². The molecule has 8 heteroatoms. The number of para-hydroxylation sites is 1. The Kier molecular flexibility index (Phi) is 7.89. The highest BCUT2D eigenvalue weighted by Gasteiger charge is 2.25. The fourth-order valence-corrected chi connectivity index (χ4v) is 4.03. The average Bonchev–Trinajstić information content (AvgIpc) is 3.20. The number of nitrogens with zero attached hydrogens (tertiary/aromatic N) is 2. The summed E-state index contributed by atoms with van der Waals surface area (Å²) in [4.78, 5) is 30.0. The molecule has 0 bridgehead atoms. The maximum absolute atomic E-state index is 12.0. The molecule has 1 saturated heterocycles. The number of benzene rings is 2. The van der Waals surface area contributed by atoms with Crippen LogP contribution in [-0.4, -0.2) is 37.9 Å². The molecule has 4 rings (SSSR count). The molecule has 2 amide bonds. The molecule has 0 aliphatic carbocycles. The van der Waals surface area contributed by atoms with E-state index in [2.05, 4.69) is 27.0 Å². The van der Waals surface area contributed by atoms with Gasteiger partial charge in [0.15, 0.2) is 5.96 Å². The van der Waals surface area contributed by atoms with Gasteiger partial charge in [0.1, 0.15) is 0 Å². The van der Waals surface area contributed by atoms with Crippen LogP contribution in [0.1, 0.15) is 36.3 Å². The Bertz CT molecular complexity index is 961. The van der Waals surface area contributed by atoms with Crippen molar-refractivity contribution in [3.8, 4) is 0 Å². The van der Waals surface area contributed by atoms with Gasteiger partial charge in [-0.15, -0.1) is 24.0 Å². The molecule has 2 heterocycles. The van der Waals surface area contributed by atoms with E-state index in [0.29, 0.717) is 31.9 Å². The zero-order chi connectivity index (χ0) is 20.9. The number of hydrogen-bond acceptors (Lipinski definition) is 3. The van der Waals surface area contributed by atoms with Crippen LogP contribution in [0.5, 0.6) is 0 Å². The van der Waals surface area contributed by atoms with E-state index in [4.69, 9.17) is 0 Å². The topological polar surface area (TPSA) is 85.8 Å². The Hall–Kier alpha value is -2.62. The molecule has 3 N–H and O–H groups in total. The molecule has 0 aromatic heterocycles. The highest BCUT2D eigenvalue weighted by molar-refractivity contribution is 14.0. The first kappa shape index (κ1) is 23.1. The van der Waals surface area contributed by atoms with E-state index in [1.165, 1.54) is 0 Å². The molecular formula is C23H28IN5O2. The number of carbonyl (C=O) groups is 2. The fraction of sp³-hybridized carbons (Fsp3) is 0.348. The van der Waals surface area contributed by atoms with E-state index < -0.39 is 0 Å². The highest BCUT2D eigenvalue weighted by atomic mass is 127. The van der Waals surface area contributed by atoms with Crippen LogP contribution in [0, 0.1) is 0 Å². The van der Waals surface area contributed by atoms with E-state index in [1.54, 1.807) is 7.05 Å². The first-order valence-corrected chi connectivity index (χ1v) is 10.4. The van der Waals surface area contributed by atoms with Crippen LogP contribution in [0.15, 0.2) is 53.5 Å². The van der Waals surface area contributed by atoms with Crippen molar-refractivity contribution in [3.05, 3.63) is 59.7 Å². The second-order valence-corrected chi connectivity index (χ2v) is 7.66. The molecular weight excluding hydrogens is 505 g/mol. The monoisotopic (exact) mass is 533 g/mol. The standard InChI is InChI=1S/C23H27N5O2.HI/c1-24-23(26-15-17-13-21(29)27-20-6-3-2-5-19(17)20)25-14-16-8-10-18(11-9-16)28-12-4-7-22(28)30;/h2-3,5-6,8-11,17H,4,7,12-15H2,1H3,(H,27,29)(H2,24,25,26);1H. The number of amides is 2. The van der Waals surface area contributed by atoms with Crippen molar-refractivity contribution in [1.82, 2.24) is 10.6 Å². The molecule has 164 valence electrons. The van der Waals surface area contributed by atoms with E-state index in [-0.39, 0.29) is 41.7 Å². The molecule has 31 heavy (non-hydrogen) atoms. The quantitative estimate of drug-likeness (QED) is 0.313. The Balaban J connectivity index is 0.00000272. The van der Waals surface area contributed by atoms with Crippen LogP contribution in [0.25, 0.3) is 0 Å². The molecule has 2 aliphatic rings. The van der Waals surface area contributed by atoms with E-state index >= 15 is 0 Å².